The lowest BCUT2D eigenvalue weighted by Gasteiger charge is -2.46. The van der Waals surface area contributed by atoms with Crippen molar-refractivity contribution in [2.45, 2.75) is 43.7 Å². The van der Waals surface area contributed by atoms with Gasteiger partial charge in [0.1, 0.15) is 6.04 Å². The summed E-state index contributed by atoms with van der Waals surface area (Å²) in [5.74, 6) is -0.0471. The molecule has 1 aromatic rings. The van der Waals surface area contributed by atoms with Crippen molar-refractivity contribution in [1.29, 1.82) is 0 Å². The Bertz CT molecular complexity index is 951. The number of nitrogens with one attached hydrogen (secondary N) is 2. The average Bonchev–Trinajstić information content (AvgIpc) is 2.94. The van der Waals surface area contributed by atoms with Crippen molar-refractivity contribution < 1.29 is 18.6 Å². The molecule has 10 heteroatoms. The Labute approximate surface area is 174 Å². The smallest absolute Gasteiger partial charge is 0.325 e. The standard InChI is InChI=1S/C19H23ClN4O4S/c20-13-1-3-14(4-2-13)24-17(26)15(22-18(24)27)5-6-16(25)23-29(28)11-8-19(9-12-29)7-10-21-19/h1-4,15,21H,5-12H2,(H,22,27). The third-order valence-corrected chi connectivity index (χ3v) is 8.39. The Morgan fingerprint density at radius 1 is 1.21 bits per heavy atom. The Balaban J connectivity index is 1.35. The summed E-state index contributed by atoms with van der Waals surface area (Å²) in [5, 5.41) is 6.49. The molecule has 3 aliphatic heterocycles. The fourth-order valence-corrected chi connectivity index (χ4v) is 6.39. The largest absolute Gasteiger partial charge is 0.329 e. The number of halogens is 1. The van der Waals surface area contributed by atoms with Crippen molar-refractivity contribution in [2.24, 2.45) is 4.36 Å². The minimum absolute atomic E-state index is 0.0362. The SMILES string of the molecule is O=C(CCC1NC(=O)N(c2ccc(Cl)cc2)C1=O)N=S1(=O)CCC2(CCN2)CC1. The second-order valence-corrected chi connectivity index (χ2v) is 10.8. The Hall–Kier alpha value is -1.97. The normalized spacial score (nSPS) is 31.5. The molecule has 2 N–H and O–H groups in total. The quantitative estimate of drug-likeness (QED) is 0.699. The molecule has 3 aliphatic rings. The molecule has 4 amide bonds. The van der Waals surface area contributed by atoms with Crippen LogP contribution in [0.5, 0.6) is 0 Å². The maximum atomic E-state index is 12.8. The molecule has 1 spiro atoms. The van der Waals surface area contributed by atoms with Crippen LogP contribution in [0.25, 0.3) is 0 Å². The number of carbonyl (C=O) groups excluding carboxylic acids is 3. The summed E-state index contributed by atoms with van der Waals surface area (Å²) in [5.41, 5.74) is 0.518. The van der Waals surface area contributed by atoms with Crippen LogP contribution in [0.2, 0.25) is 5.02 Å². The van der Waals surface area contributed by atoms with Crippen LogP contribution in [0.3, 0.4) is 0 Å². The molecule has 156 valence electrons. The molecule has 29 heavy (non-hydrogen) atoms. The van der Waals surface area contributed by atoms with Gasteiger partial charge in [0.2, 0.25) is 0 Å². The van der Waals surface area contributed by atoms with Crippen molar-refractivity contribution >= 4 is 44.9 Å². The number of nitrogens with zero attached hydrogens (tertiary/aromatic N) is 2. The van der Waals surface area contributed by atoms with Crippen molar-refractivity contribution in [3.8, 4) is 0 Å². The zero-order valence-electron chi connectivity index (χ0n) is 15.9. The molecule has 1 atom stereocenters. The lowest BCUT2D eigenvalue weighted by Crippen LogP contribution is -2.60. The fraction of sp³-hybridized carbons (Fsp3) is 0.526. The highest BCUT2D eigenvalue weighted by Crippen LogP contribution is 2.33. The van der Waals surface area contributed by atoms with Crippen molar-refractivity contribution in [1.82, 2.24) is 10.6 Å². The number of carbonyl (C=O) groups is 3. The molecule has 4 rings (SSSR count). The van der Waals surface area contributed by atoms with Gasteiger partial charge < -0.3 is 10.6 Å². The molecule has 3 saturated heterocycles. The summed E-state index contributed by atoms with van der Waals surface area (Å²) in [6.07, 6.45) is 2.72. The van der Waals surface area contributed by atoms with Gasteiger partial charge in [-0.15, -0.1) is 0 Å². The van der Waals surface area contributed by atoms with Crippen LogP contribution in [0.15, 0.2) is 28.6 Å². The highest BCUT2D eigenvalue weighted by molar-refractivity contribution is 7.93. The number of amides is 4. The van der Waals surface area contributed by atoms with Gasteiger partial charge in [0, 0.05) is 28.5 Å². The van der Waals surface area contributed by atoms with Crippen LogP contribution in [-0.2, 0) is 19.3 Å². The minimum atomic E-state index is -2.52. The van der Waals surface area contributed by atoms with Gasteiger partial charge in [-0.1, -0.05) is 11.6 Å². The molecular weight excluding hydrogens is 416 g/mol. The molecular formula is C19H23ClN4O4S. The zero-order chi connectivity index (χ0) is 20.6. The first-order valence-corrected chi connectivity index (χ1v) is 11.9. The number of rotatable bonds is 4. The van der Waals surface area contributed by atoms with Crippen molar-refractivity contribution in [3.63, 3.8) is 0 Å². The Morgan fingerprint density at radius 3 is 2.45 bits per heavy atom. The highest BCUT2D eigenvalue weighted by atomic mass is 35.5. The van der Waals surface area contributed by atoms with Gasteiger partial charge >= 0.3 is 6.03 Å². The first-order valence-electron chi connectivity index (χ1n) is 9.70. The predicted molar refractivity (Wildman–Crippen MR) is 110 cm³/mol. The minimum Gasteiger partial charge on any atom is -0.325 e. The van der Waals surface area contributed by atoms with E-state index < -0.39 is 33.6 Å². The molecule has 8 nitrogen and oxygen atoms in total. The van der Waals surface area contributed by atoms with E-state index in [9.17, 15) is 18.6 Å². The van der Waals surface area contributed by atoms with Gasteiger partial charge in [0.25, 0.3) is 11.8 Å². The molecule has 0 radical (unpaired) electrons. The first-order chi connectivity index (χ1) is 13.8. The van der Waals surface area contributed by atoms with Crippen LogP contribution in [0.1, 0.15) is 32.1 Å². The molecule has 3 heterocycles. The van der Waals surface area contributed by atoms with Gasteiger partial charge in [-0.2, -0.15) is 4.36 Å². The van der Waals surface area contributed by atoms with Gasteiger partial charge in [-0.3, -0.25) is 9.59 Å². The Kier molecular flexibility index (Phi) is 5.39. The third kappa shape index (κ3) is 4.17. The number of imide groups is 1. The maximum absolute atomic E-state index is 12.8. The van der Waals surface area contributed by atoms with Crippen LogP contribution in [-0.4, -0.2) is 51.7 Å². The van der Waals surface area contributed by atoms with Gasteiger partial charge in [-0.05, 0) is 56.5 Å². The summed E-state index contributed by atoms with van der Waals surface area (Å²) in [6.45, 7) is 0.992. The molecule has 1 unspecified atom stereocenters. The first kappa shape index (κ1) is 20.3. The molecule has 0 aromatic heterocycles. The highest BCUT2D eigenvalue weighted by Gasteiger charge is 2.41. The number of hydrogen-bond acceptors (Lipinski definition) is 5. The summed E-state index contributed by atoms with van der Waals surface area (Å²) >= 11 is 5.84. The predicted octanol–water partition coefficient (Wildman–Crippen LogP) is 2.07. The molecule has 0 bridgehead atoms. The Morgan fingerprint density at radius 2 is 1.86 bits per heavy atom. The van der Waals surface area contributed by atoms with E-state index in [0.717, 1.165) is 30.7 Å². The molecule has 0 saturated carbocycles. The van der Waals surface area contributed by atoms with E-state index in [1.54, 1.807) is 24.3 Å². The van der Waals surface area contributed by atoms with E-state index in [4.69, 9.17) is 11.6 Å². The van der Waals surface area contributed by atoms with E-state index in [-0.39, 0.29) is 18.4 Å². The van der Waals surface area contributed by atoms with Crippen LogP contribution >= 0.6 is 11.6 Å². The molecule has 3 fully saturated rings. The number of benzene rings is 1. The lowest BCUT2D eigenvalue weighted by atomic mass is 9.82. The van der Waals surface area contributed by atoms with Crippen molar-refractivity contribution in [2.75, 3.05) is 23.0 Å². The average molecular weight is 439 g/mol. The van der Waals surface area contributed by atoms with E-state index in [1.807, 2.05) is 0 Å². The fourth-order valence-electron chi connectivity index (χ4n) is 3.99. The van der Waals surface area contributed by atoms with E-state index >= 15 is 0 Å². The summed E-state index contributed by atoms with van der Waals surface area (Å²) < 4.78 is 16.8. The van der Waals surface area contributed by atoms with E-state index in [2.05, 4.69) is 15.0 Å². The van der Waals surface area contributed by atoms with Gasteiger partial charge in [0.15, 0.2) is 0 Å². The summed E-state index contributed by atoms with van der Waals surface area (Å²) in [4.78, 5) is 38.1. The van der Waals surface area contributed by atoms with E-state index in [1.165, 1.54) is 0 Å². The number of urea groups is 1. The van der Waals surface area contributed by atoms with Gasteiger partial charge in [-0.25, -0.2) is 13.9 Å². The third-order valence-electron chi connectivity index (χ3n) is 5.92. The van der Waals surface area contributed by atoms with Crippen LogP contribution in [0, 0.1) is 0 Å². The maximum Gasteiger partial charge on any atom is 0.329 e. The van der Waals surface area contributed by atoms with Crippen LogP contribution < -0.4 is 15.5 Å². The molecule has 1 aromatic carbocycles. The van der Waals surface area contributed by atoms with E-state index in [0.29, 0.717) is 22.2 Å². The van der Waals surface area contributed by atoms with Crippen molar-refractivity contribution in [3.05, 3.63) is 29.3 Å². The molecule has 0 aliphatic carbocycles. The summed E-state index contributed by atoms with van der Waals surface area (Å²) in [6, 6.07) is 5.01. The second kappa shape index (κ2) is 7.70. The second-order valence-electron chi connectivity index (χ2n) is 7.81. The monoisotopic (exact) mass is 438 g/mol. The topological polar surface area (TPSA) is 108 Å². The number of anilines is 1. The summed E-state index contributed by atoms with van der Waals surface area (Å²) in [7, 11) is -2.52. The van der Waals surface area contributed by atoms with Gasteiger partial charge in [0.05, 0.1) is 15.4 Å². The lowest BCUT2D eigenvalue weighted by molar-refractivity contribution is -0.119. The van der Waals surface area contributed by atoms with Crippen LogP contribution in [0.4, 0.5) is 10.5 Å². The zero-order valence-corrected chi connectivity index (χ0v) is 17.4. The number of hydrogen-bond donors (Lipinski definition) is 2.